The Labute approximate surface area is 84.2 Å². The fourth-order valence-electron chi connectivity index (χ4n) is 1.81. The highest BCUT2D eigenvalue weighted by Gasteiger charge is 2.22. The highest BCUT2D eigenvalue weighted by molar-refractivity contribution is 5.79. The second-order valence-corrected chi connectivity index (χ2v) is 3.49. The smallest absolute Gasteiger partial charge is 0.328 e. The van der Waals surface area contributed by atoms with Gasteiger partial charge < -0.3 is 9.84 Å². The SMILES string of the molecule is COCC1CCCN1CC=CC(=O)O. The maximum Gasteiger partial charge on any atom is 0.328 e. The summed E-state index contributed by atoms with van der Waals surface area (Å²) >= 11 is 0. The van der Waals surface area contributed by atoms with Crippen LogP contribution in [0.3, 0.4) is 0 Å². The van der Waals surface area contributed by atoms with Gasteiger partial charge in [0.2, 0.25) is 0 Å². The van der Waals surface area contributed by atoms with Crippen molar-refractivity contribution in [2.75, 3.05) is 26.8 Å². The van der Waals surface area contributed by atoms with Crippen molar-refractivity contribution in [1.82, 2.24) is 4.90 Å². The normalized spacial score (nSPS) is 23.4. The van der Waals surface area contributed by atoms with Crippen LogP contribution in [0.2, 0.25) is 0 Å². The molecular weight excluding hydrogens is 182 g/mol. The molecule has 14 heavy (non-hydrogen) atoms. The van der Waals surface area contributed by atoms with Crippen LogP contribution in [0.15, 0.2) is 12.2 Å². The van der Waals surface area contributed by atoms with Crippen LogP contribution in [0.25, 0.3) is 0 Å². The molecular formula is C10H17NO3. The summed E-state index contributed by atoms with van der Waals surface area (Å²) < 4.78 is 5.10. The van der Waals surface area contributed by atoms with Gasteiger partial charge >= 0.3 is 5.97 Å². The molecule has 80 valence electrons. The Kier molecular flexibility index (Phi) is 4.62. The lowest BCUT2D eigenvalue weighted by Gasteiger charge is -2.21. The summed E-state index contributed by atoms with van der Waals surface area (Å²) in [5.41, 5.74) is 0. The van der Waals surface area contributed by atoms with Gasteiger partial charge in [0, 0.05) is 25.8 Å². The zero-order valence-corrected chi connectivity index (χ0v) is 8.48. The lowest BCUT2D eigenvalue weighted by Crippen LogP contribution is -2.32. The van der Waals surface area contributed by atoms with Gasteiger partial charge in [-0.1, -0.05) is 6.08 Å². The minimum absolute atomic E-state index is 0.457. The molecule has 0 amide bonds. The van der Waals surface area contributed by atoms with Gasteiger partial charge in [0.15, 0.2) is 0 Å². The van der Waals surface area contributed by atoms with E-state index < -0.39 is 5.97 Å². The molecule has 1 aliphatic heterocycles. The predicted molar refractivity (Wildman–Crippen MR) is 53.2 cm³/mol. The lowest BCUT2D eigenvalue weighted by molar-refractivity contribution is -0.131. The van der Waals surface area contributed by atoms with Crippen LogP contribution in [-0.4, -0.2) is 48.8 Å². The van der Waals surface area contributed by atoms with Gasteiger partial charge in [-0.3, -0.25) is 4.90 Å². The van der Waals surface area contributed by atoms with Crippen molar-refractivity contribution in [1.29, 1.82) is 0 Å². The zero-order valence-electron chi connectivity index (χ0n) is 8.48. The fourth-order valence-corrected chi connectivity index (χ4v) is 1.81. The van der Waals surface area contributed by atoms with Gasteiger partial charge in [-0.05, 0) is 19.4 Å². The highest BCUT2D eigenvalue weighted by Crippen LogP contribution is 2.16. The fraction of sp³-hybridized carbons (Fsp3) is 0.700. The molecule has 0 saturated carbocycles. The van der Waals surface area contributed by atoms with Gasteiger partial charge in [0.05, 0.1) is 6.61 Å². The van der Waals surface area contributed by atoms with E-state index in [0.29, 0.717) is 12.6 Å². The third-order valence-corrected chi connectivity index (χ3v) is 2.46. The van der Waals surface area contributed by atoms with E-state index in [1.165, 1.54) is 12.5 Å². The van der Waals surface area contributed by atoms with Crippen molar-refractivity contribution >= 4 is 5.97 Å². The molecule has 1 rings (SSSR count). The molecule has 1 atom stereocenters. The first-order valence-corrected chi connectivity index (χ1v) is 4.86. The van der Waals surface area contributed by atoms with Crippen LogP contribution in [0.1, 0.15) is 12.8 Å². The maximum atomic E-state index is 10.3. The van der Waals surface area contributed by atoms with Crippen LogP contribution in [0.5, 0.6) is 0 Å². The average molecular weight is 199 g/mol. The minimum atomic E-state index is -0.882. The Hall–Kier alpha value is -0.870. The summed E-state index contributed by atoms with van der Waals surface area (Å²) in [6.07, 6.45) is 5.21. The Morgan fingerprint density at radius 3 is 3.14 bits per heavy atom. The third kappa shape index (κ3) is 3.47. The topological polar surface area (TPSA) is 49.8 Å². The van der Waals surface area contributed by atoms with E-state index in [-0.39, 0.29) is 0 Å². The van der Waals surface area contributed by atoms with E-state index in [2.05, 4.69) is 4.90 Å². The molecule has 0 aliphatic carbocycles. The van der Waals surface area contributed by atoms with E-state index in [4.69, 9.17) is 9.84 Å². The lowest BCUT2D eigenvalue weighted by atomic mass is 10.2. The number of carboxylic acid groups (broad SMARTS) is 1. The molecule has 0 aromatic rings. The number of hydrogen-bond donors (Lipinski definition) is 1. The first-order chi connectivity index (χ1) is 6.74. The molecule has 1 heterocycles. The molecule has 0 bridgehead atoms. The number of carboxylic acids is 1. The minimum Gasteiger partial charge on any atom is -0.478 e. The molecule has 0 spiro atoms. The molecule has 4 nitrogen and oxygen atoms in total. The first-order valence-electron chi connectivity index (χ1n) is 4.86. The average Bonchev–Trinajstić information content (AvgIpc) is 2.53. The van der Waals surface area contributed by atoms with Crippen LogP contribution in [0.4, 0.5) is 0 Å². The van der Waals surface area contributed by atoms with Gasteiger partial charge in [-0.25, -0.2) is 4.79 Å². The molecule has 4 heteroatoms. The van der Waals surface area contributed by atoms with Crippen molar-refractivity contribution in [2.24, 2.45) is 0 Å². The second kappa shape index (κ2) is 5.78. The first kappa shape index (κ1) is 11.2. The van der Waals surface area contributed by atoms with E-state index >= 15 is 0 Å². The third-order valence-electron chi connectivity index (χ3n) is 2.46. The number of ether oxygens (including phenoxy) is 1. The van der Waals surface area contributed by atoms with Crippen molar-refractivity contribution < 1.29 is 14.6 Å². The van der Waals surface area contributed by atoms with E-state index in [0.717, 1.165) is 19.6 Å². The Morgan fingerprint density at radius 2 is 2.50 bits per heavy atom. The van der Waals surface area contributed by atoms with Crippen LogP contribution >= 0.6 is 0 Å². The second-order valence-electron chi connectivity index (χ2n) is 3.49. The van der Waals surface area contributed by atoms with Gasteiger partial charge in [0.25, 0.3) is 0 Å². The van der Waals surface area contributed by atoms with E-state index in [9.17, 15) is 4.79 Å². The van der Waals surface area contributed by atoms with Gasteiger partial charge in [-0.2, -0.15) is 0 Å². The standard InChI is InChI=1S/C10H17NO3/c1-14-8-9-4-2-6-11(9)7-3-5-10(12)13/h3,5,9H,2,4,6-8H2,1H3,(H,12,13). The number of methoxy groups -OCH3 is 1. The Balaban J connectivity index is 2.32. The monoisotopic (exact) mass is 199 g/mol. The molecule has 0 aromatic carbocycles. The van der Waals surface area contributed by atoms with Crippen LogP contribution < -0.4 is 0 Å². The quantitative estimate of drug-likeness (QED) is 0.663. The van der Waals surface area contributed by atoms with Crippen LogP contribution in [-0.2, 0) is 9.53 Å². The summed E-state index contributed by atoms with van der Waals surface area (Å²) in [6.45, 7) is 2.49. The molecule has 1 unspecified atom stereocenters. The van der Waals surface area contributed by atoms with E-state index in [1.54, 1.807) is 13.2 Å². The largest absolute Gasteiger partial charge is 0.478 e. The summed E-state index contributed by atoms with van der Waals surface area (Å²) in [5.74, 6) is -0.882. The van der Waals surface area contributed by atoms with Gasteiger partial charge in [-0.15, -0.1) is 0 Å². The molecule has 1 saturated heterocycles. The summed E-state index contributed by atoms with van der Waals surface area (Å²) in [5, 5.41) is 8.43. The maximum absolute atomic E-state index is 10.3. The Bertz CT molecular complexity index is 215. The van der Waals surface area contributed by atoms with E-state index in [1.807, 2.05) is 0 Å². The number of carbonyl (C=O) groups is 1. The number of nitrogens with zero attached hydrogens (tertiary/aromatic N) is 1. The molecule has 0 radical (unpaired) electrons. The Morgan fingerprint density at radius 1 is 1.71 bits per heavy atom. The predicted octanol–water partition coefficient (Wildman–Crippen LogP) is 0.738. The number of rotatable bonds is 5. The molecule has 1 fully saturated rings. The van der Waals surface area contributed by atoms with Gasteiger partial charge in [0.1, 0.15) is 0 Å². The van der Waals surface area contributed by atoms with Crippen molar-refractivity contribution in [3.63, 3.8) is 0 Å². The summed E-state index contributed by atoms with van der Waals surface area (Å²) in [7, 11) is 1.70. The molecule has 0 aromatic heterocycles. The molecule has 1 aliphatic rings. The number of hydrogen-bond acceptors (Lipinski definition) is 3. The van der Waals surface area contributed by atoms with Crippen molar-refractivity contribution in [2.45, 2.75) is 18.9 Å². The van der Waals surface area contributed by atoms with Crippen LogP contribution in [0, 0.1) is 0 Å². The summed E-state index contributed by atoms with van der Waals surface area (Å²) in [4.78, 5) is 12.5. The summed E-state index contributed by atoms with van der Waals surface area (Å²) in [6, 6.07) is 0.457. The zero-order chi connectivity index (χ0) is 10.4. The molecule has 1 N–H and O–H groups in total. The number of aliphatic carboxylic acids is 1. The van der Waals surface area contributed by atoms with Crippen molar-refractivity contribution in [3.05, 3.63) is 12.2 Å². The number of likely N-dealkylation sites (tertiary alicyclic amines) is 1. The highest BCUT2D eigenvalue weighted by atomic mass is 16.5. The van der Waals surface area contributed by atoms with Crippen molar-refractivity contribution in [3.8, 4) is 0 Å².